The molecule has 0 bridgehead atoms. The molecule has 1 aliphatic heterocycles. The molecule has 4 heteroatoms. The summed E-state index contributed by atoms with van der Waals surface area (Å²) in [7, 11) is 0. The molecule has 0 atom stereocenters. The predicted molar refractivity (Wildman–Crippen MR) is 69.9 cm³/mol. The number of halogens is 1. The lowest BCUT2D eigenvalue weighted by molar-refractivity contribution is 0.554. The van der Waals surface area contributed by atoms with E-state index < -0.39 is 5.82 Å². The summed E-state index contributed by atoms with van der Waals surface area (Å²) in [6.07, 6.45) is 5.85. The van der Waals surface area contributed by atoms with E-state index in [1.807, 2.05) is 16.8 Å². The van der Waals surface area contributed by atoms with Gasteiger partial charge in [-0.25, -0.2) is 4.39 Å². The number of hydrogen-bond acceptors (Lipinski definition) is 2. The lowest BCUT2D eigenvalue weighted by atomic mass is 9.95. The zero-order valence-corrected chi connectivity index (χ0v) is 10.6. The topological polar surface area (TPSA) is 41.6 Å². The van der Waals surface area contributed by atoms with Crippen LogP contribution in [-0.2, 0) is 13.0 Å². The van der Waals surface area contributed by atoms with Gasteiger partial charge in [0, 0.05) is 18.3 Å². The summed E-state index contributed by atoms with van der Waals surface area (Å²) in [5.41, 5.74) is 2.76. The fraction of sp³-hybridized carbons (Fsp3) is 0.333. The summed E-state index contributed by atoms with van der Waals surface area (Å²) < 4.78 is 15.7. The summed E-state index contributed by atoms with van der Waals surface area (Å²) >= 11 is 0. The monoisotopic (exact) mass is 255 g/mol. The Morgan fingerprint density at radius 1 is 1.21 bits per heavy atom. The van der Waals surface area contributed by atoms with Gasteiger partial charge in [0.2, 0.25) is 0 Å². The van der Waals surface area contributed by atoms with Crippen molar-refractivity contribution in [1.29, 1.82) is 5.26 Å². The third-order valence-corrected chi connectivity index (χ3v) is 3.64. The maximum Gasteiger partial charge on any atom is 0.141 e. The minimum atomic E-state index is -0.451. The maximum absolute atomic E-state index is 13.9. The van der Waals surface area contributed by atoms with Gasteiger partial charge in [-0.05, 0) is 37.0 Å². The summed E-state index contributed by atoms with van der Waals surface area (Å²) in [5.74, 6) is -0.451. The average molecular weight is 255 g/mol. The Hall–Kier alpha value is -2.15. The molecular formula is C15H14FN3. The summed E-state index contributed by atoms with van der Waals surface area (Å²) in [6, 6.07) is 7.07. The number of hydrogen-bond donors (Lipinski definition) is 0. The van der Waals surface area contributed by atoms with Gasteiger partial charge in [0.25, 0.3) is 0 Å². The minimum absolute atomic E-state index is 0.140. The van der Waals surface area contributed by atoms with Crippen LogP contribution in [0.3, 0.4) is 0 Å². The van der Waals surface area contributed by atoms with Crippen LogP contribution in [0.4, 0.5) is 4.39 Å². The normalized spacial score (nSPS) is 14.5. The molecule has 0 saturated carbocycles. The van der Waals surface area contributed by atoms with Gasteiger partial charge >= 0.3 is 0 Å². The van der Waals surface area contributed by atoms with E-state index >= 15 is 0 Å². The standard InChI is InChI=1S/C15H14FN3/c16-13-6-5-11-4-2-1-3-9-19-14(7-8-18-19)15(11)12(13)10-17/h5-8H,1-4,9H2. The Morgan fingerprint density at radius 2 is 2.11 bits per heavy atom. The van der Waals surface area contributed by atoms with Crippen LogP contribution in [0.15, 0.2) is 24.4 Å². The van der Waals surface area contributed by atoms with Gasteiger partial charge < -0.3 is 0 Å². The van der Waals surface area contributed by atoms with Crippen LogP contribution in [-0.4, -0.2) is 9.78 Å². The highest BCUT2D eigenvalue weighted by molar-refractivity contribution is 5.72. The molecule has 0 radical (unpaired) electrons. The van der Waals surface area contributed by atoms with E-state index in [0.29, 0.717) is 0 Å². The number of aryl methyl sites for hydroxylation is 2. The molecular weight excluding hydrogens is 241 g/mol. The number of benzene rings is 1. The molecule has 1 aromatic carbocycles. The predicted octanol–water partition coefficient (Wildman–Crippen LogP) is 3.29. The van der Waals surface area contributed by atoms with E-state index in [2.05, 4.69) is 5.10 Å². The number of nitriles is 1. The summed E-state index contributed by atoms with van der Waals surface area (Å²) in [5, 5.41) is 13.5. The van der Waals surface area contributed by atoms with Gasteiger partial charge in [0.05, 0.1) is 11.3 Å². The lowest BCUT2D eigenvalue weighted by Gasteiger charge is -2.12. The second-order valence-corrected chi connectivity index (χ2v) is 4.82. The van der Waals surface area contributed by atoms with Crippen molar-refractivity contribution in [3.8, 4) is 17.3 Å². The van der Waals surface area contributed by atoms with Crippen molar-refractivity contribution in [2.75, 3.05) is 0 Å². The number of fused-ring (bicyclic) bond motifs is 3. The molecule has 0 spiro atoms. The fourth-order valence-corrected chi connectivity index (χ4v) is 2.71. The van der Waals surface area contributed by atoms with Crippen molar-refractivity contribution in [2.24, 2.45) is 0 Å². The third-order valence-electron chi connectivity index (χ3n) is 3.64. The number of aromatic nitrogens is 2. The van der Waals surface area contributed by atoms with E-state index in [-0.39, 0.29) is 5.56 Å². The minimum Gasteiger partial charge on any atom is -0.265 e. The molecule has 3 nitrogen and oxygen atoms in total. The summed E-state index contributed by atoms with van der Waals surface area (Å²) in [6.45, 7) is 0.823. The molecule has 3 rings (SSSR count). The van der Waals surface area contributed by atoms with E-state index in [1.54, 1.807) is 12.3 Å². The van der Waals surface area contributed by atoms with Gasteiger partial charge in [0.1, 0.15) is 11.9 Å². The van der Waals surface area contributed by atoms with E-state index in [9.17, 15) is 9.65 Å². The van der Waals surface area contributed by atoms with Crippen LogP contribution >= 0.6 is 0 Å². The van der Waals surface area contributed by atoms with Crippen LogP contribution in [0.1, 0.15) is 30.4 Å². The van der Waals surface area contributed by atoms with Gasteiger partial charge in [-0.2, -0.15) is 10.4 Å². The molecule has 1 aromatic heterocycles. The van der Waals surface area contributed by atoms with Crippen molar-refractivity contribution < 1.29 is 4.39 Å². The van der Waals surface area contributed by atoms with Crippen molar-refractivity contribution in [3.05, 3.63) is 41.3 Å². The second-order valence-electron chi connectivity index (χ2n) is 4.82. The SMILES string of the molecule is N#Cc1c(F)ccc2c1-c1ccnn1CCCCC2. The number of nitrogens with zero attached hydrogens (tertiary/aromatic N) is 3. The highest BCUT2D eigenvalue weighted by Crippen LogP contribution is 2.31. The highest BCUT2D eigenvalue weighted by atomic mass is 19.1. The number of rotatable bonds is 0. The maximum atomic E-state index is 13.9. The zero-order chi connectivity index (χ0) is 13.2. The quantitative estimate of drug-likeness (QED) is 0.724. The molecule has 96 valence electrons. The molecule has 0 amide bonds. The smallest absolute Gasteiger partial charge is 0.141 e. The molecule has 19 heavy (non-hydrogen) atoms. The lowest BCUT2D eigenvalue weighted by Crippen LogP contribution is -2.04. The van der Waals surface area contributed by atoms with Gasteiger partial charge in [-0.1, -0.05) is 12.5 Å². The van der Waals surface area contributed by atoms with E-state index in [4.69, 9.17) is 0 Å². The molecule has 0 fully saturated rings. The van der Waals surface area contributed by atoms with E-state index in [0.717, 1.165) is 49.0 Å². The van der Waals surface area contributed by atoms with Crippen LogP contribution in [0.25, 0.3) is 11.3 Å². The first-order valence-electron chi connectivity index (χ1n) is 6.55. The average Bonchev–Trinajstić information content (AvgIpc) is 2.88. The van der Waals surface area contributed by atoms with E-state index in [1.165, 1.54) is 6.07 Å². The first-order chi connectivity index (χ1) is 9.31. The fourth-order valence-electron chi connectivity index (χ4n) is 2.71. The van der Waals surface area contributed by atoms with Gasteiger partial charge in [0.15, 0.2) is 0 Å². The van der Waals surface area contributed by atoms with Crippen molar-refractivity contribution in [3.63, 3.8) is 0 Å². The zero-order valence-electron chi connectivity index (χ0n) is 10.6. The van der Waals surface area contributed by atoms with Crippen LogP contribution in [0, 0.1) is 17.1 Å². The molecule has 1 aliphatic rings. The summed E-state index contributed by atoms with van der Waals surface area (Å²) in [4.78, 5) is 0. The molecule has 0 unspecified atom stereocenters. The Labute approximate surface area is 111 Å². The Balaban J connectivity index is 2.29. The van der Waals surface area contributed by atoms with Crippen molar-refractivity contribution in [2.45, 2.75) is 32.2 Å². The van der Waals surface area contributed by atoms with Crippen molar-refractivity contribution >= 4 is 0 Å². The molecule has 0 N–H and O–H groups in total. The highest BCUT2D eigenvalue weighted by Gasteiger charge is 2.19. The Morgan fingerprint density at radius 3 is 2.95 bits per heavy atom. The molecule has 2 aromatic rings. The molecule has 0 aliphatic carbocycles. The molecule has 0 saturated heterocycles. The van der Waals surface area contributed by atoms with Crippen LogP contribution < -0.4 is 0 Å². The van der Waals surface area contributed by atoms with Crippen molar-refractivity contribution in [1.82, 2.24) is 9.78 Å². The van der Waals surface area contributed by atoms with Crippen LogP contribution in [0.2, 0.25) is 0 Å². The first-order valence-corrected chi connectivity index (χ1v) is 6.55. The largest absolute Gasteiger partial charge is 0.265 e. The Bertz CT molecular complexity index is 652. The van der Waals surface area contributed by atoms with Gasteiger partial charge in [-0.3, -0.25) is 4.68 Å². The third kappa shape index (κ3) is 2.01. The van der Waals surface area contributed by atoms with Gasteiger partial charge in [-0.15, -0.1) is 0 Å². The van der Waals surface area contributed by atoms with Crippen LogP contribution in [0.5, 0.6) is 0 Å². The second kappa shape index (κ2) is 4.85. The Kier molecular flexibility index (Phi) is 3.04. The molecule has 2 heterocycles. The first kappa shape index (κ1) is 11.9.